The molecule has 1 aliphatic rings. The minimum atomic E-state index is -0.152. The number of methoxy groups -OCH3 is 1. The van der Waals surface area contributed by atoms with Crippen LogP contribution in [-0.2, 0) is 4.74 Å². The minimum absolute atomic E-state index is 0.152. The van der Waals surface area contributed by atoms with Crippen molar-refractivity contribution in [2.24, 2.45) is 0 Å². The molecule has 0 saturated carbocycles. The molecule has 1 aromatic heterocycles. The van der Waals surface area contributed by atoms with E-state index in [1.165, 1.54) is 6.33 Å². The number of nitrogens with zero attached hydrogens (tertiary/aromatic N) is 3. The zero-order valence-electron chi connectivity index (χ0n) is 18.4. The van der Waals surface area contributed by atoms with Gasteiger partial charge in [0.25, 0.3) is 0 Å². The molecule has 0 amide bonds. The average Bonchev–Trinajstić information content (AvgIpc) is 3.06. The fourth-order valence-corrected chi connectivity index (χ4v) is 4.00. The SMILES string of the molecule is COc1cc2c(Nc3cccc(Cl)c3Cl)ncnc2cc1OCC1CN(C(C)=N)CCCO1. The fraction of sp³-hybridized carbons (Fsp3) is 0.348. The van der Waals surface area contributed by atoms with Crippen LogP contribution in [0.25, 0.3) is 10.9 Å². The van der Waals surface area contributed by atoms with Gasteiger partial charge in [-0.15, -0.1) is 0 Å². The fourth-order valence-electron chi connectivity index (χ4n) is 3.65. The van der Waals surface area contributed by atoms with Crippen LogP contribution in [-0.4, -0.2) is 60.2 Å². The molecule has 1 unspecified atom stereocenters. The molecule has 33 heavy (non-hydrogen) atoms. The predicted octanol–water partition coefficient (Wildman–Crippen LogP) is 5.16. The summed E-state index contributed by atoms with van der Waals surface area (Å²) >= 11 is 12.5. The molecule has 0 bridgehead atoms. The van der Waals surface area contributed by atoms with Crippen LogP contribution < -0.4 is 14.8 Å². The topological polar surface area (TPSA) is 92.6 Å². The second-order valence-electron chi connectivity index (χ2n) is 7.66. The molecule has 1 fully saturated rings. The monoisotopic (exact) mass is 489 g/mol. The molecule has 1 aliphatic heterocycles. The summed E-state index contributed by atoms with van der Waals surface area (Å²) in [6, 6.07) is 9.00. The second-order valence-corrected chi connectivity index (χ2v) is 8.44. The Kier molecular flexibility index (Phi) is 7.37. The Bertz CT molecular complexity index is 1160. The van der Waals surface area contributed by atoms with Gasteiger partial charge in [-0.2, -0.15) is 0 Å². The first-order chi connectivity index (χ1) is 16.0. The second kappa shape index (κ2) is 10.4. The van der Waals surface area contributed by atoms with Crippen LogP contribution in [0.15, 0.2) is 36.7 Å². The number of hydrogen-bond acceptors (Lipinski definition) is 7. The van der Waals surface area contributed by atoms with Gasteiger partial charge >= 0.3 is 0 Å². The molecule has 2 aromatic carbocycles. The van der Waals surface area contributed by atoms with Crippen LogP contribution in [0.4, 0.5) is 11.5 Å². The summed E-state index contributed by atoms with van der Waals surface area (Å²) in [7, 11) is 1.58. The summed E-state index contributed by atoms with van der Waals surface area (Å²) in [5, 5.41) is 12.8. The van der Waals surface area contributed by atoms with Crippen molar-refractivity contribution >= 4 is 51.4 Å². The van der Waals surface area contributed by atoms with Gasteiger partial charge in [-0.3, -0.25) is 5.41 Å². The zero-order chi connectivity index (χ0) is 23.4. The number of ether oxygens (including phenoxy) is 3. The van der Waals surface area contributed by atoms with Gasteiger partial charge in [-0.05, 0) is 31.5 Å². The first-order valence-corrected chi connectivity index (χ1v) is 11.3. The van der Waals surface area contributed by atoms with E-state index in [1.807, 2.05) is 29.2 Å². The van der Waals surface area contributed by atoms with E-state index in [-0.39, 0.29) is 6.10 Å². The predicted molar refractivity (Wildman–Crippen MR) is 131 cm³/mol. The molecule has 0 aliphatic carbocycles. The van der Waals surface area contributed by atoms with Crippen molar-refractivity contribution < 1.29 is 14.2 Å². The molecule has 174 valence electrons. The first-order valence-electron chi connectivity index (χ1n) is 10.5. The van der Waals surface area contributed by atoms with Crippen LogP contribution in [0.3, 0.4) is 0 Å². The summed E-state index contributed by atoms with van der Waals surface area (Å²) in [5.41, 5.74) is 1.32. The van der Waals surface area contributed by atoms with Gasteiger partial charge < -0.3 is 24.4 Å². The minimum Gasteiger partial charge on any atom is -0.493 e. The largest absolute Gasteiger partial charge is 0.493 e. The van der Waals surface area contributed by atoms with Gasteiger partial charge in [-0.1, -0.05) is 29.3 Å². The van der Waals surface area contributed by atoms with Crippen LogP contribution in [0.5, 0.6) is 11.5 Å². The molecule has 0 radical (unpaired) electrons. The number of anilines is 2. The number of aromatic nitrogens is 2. The lowest BCUT2D eigenvalue weighted by molar-refractivity contribution is 0.0258. The maximum absolute atomic E-state index is 7.93. The molecule has 2 heterocycles. The van der Waals surface area contributed by atoms with E-state index < -0.39 is 0 Å². The zero-order valence-corrected chi connectivity index (χ0v) is 19.9. The summed E-state index contributed by atoms with van der Waals surface area (Å²) in [6.07, 6.45) is 2.20. The van der Waals surface area contributed by atoms with E-state index >= 15 is 0 Å². The molecule has 1 saturated heterocycles. The van der Waals surface area contributed by atoms with Gasteiger partial charge in [-0.25, -0.2) is 9.97 Å². The summed E-state index contributed by atoms with van der Waals surface area (Å²) < 4.78 is 17.6. The summed E-state index contributed by atoms with van der Waals surface area (Å²) in [6.45, 7) is 4.19. The Labute approximate surface area is 202 Å². The van der Waals surface area contributed by atoms with Crippen molar-refractivity contribution in [2.45, 2.75) is 19.4 Å². The van der Waals surface area contributed by atoms with Crippen LogP contribution in [0.1, 0.15) is 13.3 Å². The third kappa shape index (κ3) is 5.40. The molecule has 8 nitrogen and oxygen atoms in total. The molecular weight excluding hydrogens is 465 g/mol. The van der Waals surface area contributed by atoms with E-state index in [4.69, 9.17) is 42.8 Å². The van der Waals surface area contributed by atoms with E-state index in [2.05, 4.69) is 15.3 Å². The third-order valence-electron chi connectivity index (χ3n) is 5.37. The lowest BCUT2D eigenvalue weighted by Gasteiger charge is -2.24. The lowest BCUT2D eigenvalue weighted by Crippen LogP contribution is -2.37. The molecule has 3 aromatic rings. The van der Waals surface area contributed by atoms with Crippen LogP contribution >= 0.6 is 23.2 Å². The van der Waals surface area contributed by atoms with Gasteiger partial charge in [0.2, 0.25) is 0 Å². The van der Waals surface area contributed by atoms with Crippen molar-refractivity contribution in [3.05, 3.63) is 46.7 Å². The number of benzene rings is 2. The normalized spacial score (nSPS) is 16.4. The van der Waals surface area contributed by atoms with Gasteiger partial charge in [0, 0.05) is 31.1 Å². The van der Waals surface area contributed by atoms with E-state index in [0.29, 0.717) is 64.2 Å². The van der Waals surface area contributed by atoms with Crippen molar-refractivity contribution in [1.29, 1.82) is 5.41 Å². The Balaban J connectivity index is 1.57. The lowest BCUT2D eigenvalue weighted by atomic mass is 10.2. The molecule has 10 heteroatoms. The molecule has 0 spiro atoms. The highest BCUT2D eigenvalue weighted by Crippen LogP contribution is 2.37. The number of nitrogens with one attached hydrogen (secondary N) is 2. The van der Waals surface area contributed by atoms with E-state index in [1.54, 1.807) is 20.1 Å². The Morgan fingerprint density at radius 3 is 2.91 bits per heavy atom. The molecule has 2 N–H and O–H groups in total. The Morgan fingerprint density at radius 2 is 2.12 bits per heavy atom. The highest BCUT2D eigenvalue weighted by atomic mass is 35.5. The maximum Gasteiger partial charge on any atom is 0.163 e. The Morgan fingerprint density at radius 1 is 1.27 bits per heavy atom. The number of amidine groups is 1. The van der Waals surface area contributed by atoms with Crippen molar-refractivity contribution in [2.75, 3.05) is 38.7 Å². The van der Waals surface area contributed by atoms with Crippen LogP contribution in [0, 0.1) is 5.41 Å². The summed E-state index contributed by atoms with van der Waals surface area (Å²) in [5.74, 6) is 2.20. The van der Waals surface area contributed by atoms with Gasteiger partial charge in [0.05, 0.1) is 34.2 Å². The number of halogens is 2. The highest BCUT2D eigenvalue weighted by molar-refractivity contribution is 6.43. The third-order valence-corrected chi connectivity index (χ3v) is 6.19. The summed E-state index contributed by atoms with van der Waals surface area (Å²) in [4.78, 5) is 10.8. The average molecular weight is 490 g/mol. The molecule has 1 atom stereocenters. The van der Waals surface area contributed by atoms with Crippen LogP contribution in [0.2, 0.25) is 10.0 Å². The first kappa shape index (κ1) is 23.4. The molecule has 4 rings (SSSR count). The smallest absolute Gasteiger partial charge is 0.163 e. The molecular formula is C23H25Cl2N5O3. The van der Waals surface area contributed by atoms with Crippen molar-refractivity contribution in [3.63, 3.8) is 0 Å². The number of rotatable bonds is 6. The number of fused-ring (bicyclic) bond motifs is 1. The van der Waals surface area contributed by atoms with E-state index in [0.717, 1.165) is 18.4 Å². The maximum atomic E-state index is 7.93. The highest BCUT2D eigenvalue weighted by Gasteiger charge is 2.21. The van der Waals surface area contributed by atoms with Gasteiger partial charge in [0.15, 0.2) is 11.5 Å². The quantitative estimate of drug-likeness (QED) is 0.365. The standard InChI is InChI=1S/C23H25Cl2N5O3/c1-14(26)30-7-4-8-32-15(11-30)12-33-21-10-19-16(9-20(21)31-2)23(28-13-27-19)29-18-6-3-5-17(24)22(18)25/h3,5-6,9-10,13,15,26H,4,7-8,11-12H2,1-2H3,(H,27,28,29). The van der Waals surface area contributed by atoms with Crippen molar-refractivity contribution in [3.8, 4) is 11.5 Å². The number of hydrogen-bond donors (Lipinski definition) is 2. The van der Waals surface area contributed by atoms with E-state index in [9.17, 15) is 0 Å². The van der Waals surface area contributed by atoms with Crippen molar-refractivity contribution in [1.82, 2.24) is 14.9 Å². The Hall–Kier alpha value is -2.81. The van der Waals surface area contributed by atoms with Gasteiger partial charge in [0.1, 0.15) is 24.9 Å².